The summed E-state index contributed by atoms with van der Waals surface area (Å²) in [5, 5.41) is 13.1. The number of nitrogens with one attached hydrogen (secondary N) is 2. The van der Waals surface area contributed by atoms with Crippen molar-refractivity contribution in [3.8, 4) is 0 Å². The number of aliphatic hydroxyl groups excluding tert-OH is 1. The molecule has 2 aromatic rings. The van der Waals surface area contributed by atoms with Crippen molar-refractivity contribution in [3.05, 3.63) is 34.9 Å². The predicted octanol–water partition coefficient (Wildman–Crippen LogP) is 2.46. The van der Waals surface area contributed by atoms with E-state index >= 15 is 0 Å². The summed E-state index contributed by atoms with van der Waals surface area (Å²) in [5.41, 5.74) is 0.964. The van der Waals surface area contributed by atoms with Gasteiger partial charge in [0.05, 0.1) is 18.9 Å². The molecule has 0 bridgehead atoms. The molecule has 0 aliphatic heterocycles. The van der Waals surface area contributed by atoms with E-state index in [9.17, 15) is 13.5 Å². The van der Waals surface area contributed by atoms with Crippen molar-refractivity contribution < 1.29 is 13.5 Å². The largest absolute Gasteiger partial charge is 0.394 e. The Kier molecular flexibility index (Phi) is 8.12. The van der Waals surface area contributed by atoms with Crippen LogP contribution in [-0.4, -0.2) is 52.4 Å². The smallest absolute Gasteiger partial charge is 0.241 e. The molecule has 0 aliphatic rings. The molecule has 0 spiro atoms. The highest BCUT2D eigenvalue weighted by Gasteiger charge is 2.17. The van der Waals surface area contributed by atoms with Crippen molar-refractivity contribution in [3.63, 3.8) is 0 Å². The quantitative estimate of drug-likeness (QED) is 0.478. The van der Waals surface area contributed by atoms with Crippen LogP contribution < -0.4 is 10.0 Å². The van der Waals surface area contributed by atoms with Gasteiger partial charge in [-0.3, -0.25) is 4.72 Å². The van der Waals surface area contributed by atoms with Gasteiger partial charge in [-0.1, -0.05) is 32.4 Å². The third-order valence-corrected chi connectivity index (χ3v) is 4.84. The van der Waals surface area contributed by atoms with Gasteiger partial charge in [0.15, 0.2) is 0 Å². The van der Waals surface area contributed by atoms with Crippen LogP contribution in [0, 0.1) is 5.92 Å². The van der Waals surface area contributed by atoms with Gasteiger partial charge in [0, 0.05) is 12.6 Å². The van der Waals surface area contributed by atoms with Gasteiger partial charge in [-0.05, 0) is 36.0 Å². The second-order valence-corrected chi connectivity index (χ2v) is 9.58. The summed E-state index contributed by atoms with van der Waals surface area (Å²) in [6.07, 6.45) is 3.80. The average molecular weight is 443 g/mol. The highest BCUT2D eigenvalue weighted by molar-refractivity contribution is 7.91. The van der Waals surface area contributed by atoms with E-state index in [2.05, 4.69) is 30.0 Å². The second-order valence-electron chi connectivity index (χ2n) is 7.44. The fraction of sp³-hybridized carbons (Fsp3) is 0.556. The van der Waals surface area contributed by atoms with E-state index < -0.39 is 10.0 Å². The van der Waals surface area contributed by atoms with Crippen LogP contribution in [0.3, 0.4) is 0 Å². The number of aromatic nitrogens is 4. The van der Waals surface area contributed by atoms with Gasteiger partial charge in [0.25, 0.3) is 0 Å². The van der Waals surface area contributed by atoms with E-state index in [1.54, 1.807) is 12.3 Å². The van der Waals surface area contributed by atoms with Gasteiger partial charge in [-0.15, -0.1) is 0 Å². The molecule has 0 aliphatic carbocycles. The van der Waals surface area contributed by atoms with Gasteiger partial charge >= 0.3 is 0 Å². The number of hydrogen-bond donors (Lipinski definition) is 3. The topological polar surface area (TPSA) is 130 Å². The van der Waals surface area contributed by atoms with Crippen LogP contribution in [0.15, 0.2) is 18.3 Å². The lowest BCUT2D eigenvalue weighted by Crippen LogP contribution is -2.27. The van der Waals surface area contributed by atoms with Gasteiger partial charge in [-0.2, -0.15) is 15.0 Å². The number of nitrogens with zero attached hydrogens (tertiary/aromatic N) is 4. The number of aliphatic hydroxyl groups is 1. The Balaban J connectivity index is 2.30. The maximum absolute atomic E-state index is 11.6. The monoisotopic (exact) mass is 442 g/mol. The van der Waals surface area contributed by atoms with Crippen molar-refractivity contribution in [1.82, 2.24) is 19.9 Å². The molecule has 0 aromatic carbocycles. The molecule has 2 atom stereocenters. The van der Waals surface area contributed by atoms with Crippen LogP contribution >= 0.6 is 11.6 Å². The van der Waals surface area contributed by atoms with Crippen LogP contribution in [0.25, 0.3) is 0 Å². The first-order valence-electron chi connectivity index (χ1n) is 9.27. The van der Waals surface area contributed by atoms with Crippen molar-refractivity contribution in [2.24, 2.45) is 5.92 Å². The van der Waals surface area contributed by atoms with Crippen molar-refractivity contribution in [1.29, 1.82) is 0 Å². The molecule has 29 heavy (non-hydrogen) atoms. The molecule has 0 saturated heterocycles. The third kappa shape index (κ3) is 8.08. The Hall–Kier alpha value is -2.04. The second kappa shape index (κ2) is 10.1. The summed E-state index contributed by atoms with van der Waals surface area (Å²) in [5.74, 6) is 0.921. The van der Waals surface area contributed by atoms with Gasteiger partial charge < -0.3 is 10.4 Å². The summed E-state index contributed by atoms with van der Waals surface area (Å²) in [6, 6.07) is 3.37. The van der Waals surface area contributed by atoms with Crippen LogP contribution in [0.5, 0.6) is 0 Å². The van der Waals surface area contributed by atoms with E-state index in [-0.39, 0.29) is 30.5 Å². The molecule has 0 amide bonds. The zero-order chi connectivity index (χ0) is 21.6. The maximum atomic E-state index is 11.6. The van der Waals surface area contributed by atoms with Crippen LogP contribution in [-0.2, 0) is 16.4 Å². The number of rotatable bonds is 10. The third-order valence-electron chi connectivity index (χ3n) is 4.08. The Bertz CT molecular complexity index is 926. The predicted molar refractivity (Wildman–Crippen MR) is 114 cm³/mol. The molecule has 11 heteroatoms. The standard InChI is InChI=1S/C18H27ClN6O3S/c1-11(2)7-14(10-26)21-17-22-16(23-18(24-17)25-29(4,27)28)8-12(3)13-5-6-20-15(19)9-13/h5-6,9,11-12,14,26H,7-8,10H2,1-4H3,(H2,21,22,23,24,25)/t12-,14-/m1/s1. The van der Waals surface area contributed by atoms with Crippen LogP contribution in [0.4, 0.5) is 11.9 Å². The van der Waals surface area contributed by atoms with Crippen molar-refractivity contribution in [2.75, 3.05) is 22.9 Å². The number of pyridine rings is 1. The van der Waals surface area contributed by atoms with Gasteiger partial charge in [0.2, 0.25) is 21.9 Å². The molecule has 0 fully saturated rings. The zero-order valence-corrected chi connectivity index (χ0v) is 18.5. The van der Waals surface area contributed by atoms with E-state index in [1.807, 2.05) is 26.8 Å². The van der Waals surface area contributed by atoms with E-state index in [0.29, 0.717) is 29.7 Å². The van der Waals surface area contributed by atoms with Crippen molar-refractivity contribution >= 4 is 33.5 Å². The Morgan fingerprint density at radius 3 is 2.45 bits per heavy atom. The molecular formula is C18H27ClN6O3S. The molecule has 2 aromatic heterocycles. The number of sulfonamides is 1. The molecule has 2 rings (SSSR count). The first-order valence-corrected chi connectivity index (χ1v) is 11.5. The highest BCUT2D eigenvalue weighted by Crippen LogP contribution is 2.22. The van der Waals surface area contributed by atoms with Gasteiger partial charge in [0.1, 0.15) is 11.0 Å². The first-order chi connectivity index (χ1) is 13.6. The Labute approximate surface area is 176 Å². The number of hydrogen-bond acceptors (Lipinski definition) is 8. The summed E-state index contributed by atoms with van der Waals surface area (Å²) in [4.78, 5) is 16.8. The fourth-order valence-corrected chi connectivity index (χ4v) is 3.44. The minimum Gasteiger partial charge on any atom is -0.394 e. The molecule has 0 saturated carbocycles. The van der Waals surface area contributed by atoms with Crippen LogP contribution in [0.1, 0.15) is 44.5 Å². The highest BCUT2D eigenvalue weighted by atomic mass is 35.5. The summed E-state index contributed by atoms with van der Waals surface area (Å²) in [6.45, 7) is 5.98. The van der Waals surface area contributed by atoms with Crippen molar-refractivity contribution in [2.45, 2.75) is 45.6 Å². The minimum atomic E-state index is -3.56. The summed E-state index contributed by atoms with van der Waals surface area (Å²) in [7, 11) is -3.56. The zero-order valence-electron chi connectivity index (χ0n) is 16.9. The lowest BCUT2D eigenvalue weighted by Gasteiger charge is -2.19. The molecule has 160 valence electrons. The Morgan fingerprint density at radius 1 is 1.17 bits per heavy atom. The maximum Gasteiger partial charge on any atom is 0.241 e. The number of halogens is 1. The molecule has 2 heterocycles. The van der Waals surface area contributed by atoms with E-state index in [4.69, 9.17) is 11.6 Å². The summed E-state index contributed by atoms with van der Waals surface area (Å²) >= 11 is 5.97. The SMILES string of the molecule is CC(C)C[C@H](CO)Nc1nc(C[C@@H](C)c2ccnc(Cl)c2)nc(NS(C)(=O)=O)n1. The molecule has 0 unspecified atom stereocenters. The van der Waals surface area contributed by atoms with Crippen LogP contribution in [0.2, 0.25) is 5.15 Å². The lowest BCUT2D eigenvalue weighted by atomic mass is 9.99. The normalized spacial score (nSPS) is 13.9. The van der Waals surface area contributed by atoms with E-state index in [0.717, 1.165) is 11.8 Å². The summed E-state index contributed by atoms with van der Waals surface area (Å²) < 4.78 is 25.6. The molecule has 9 nitrogen and oxygen atoms in total. The first kappa shape index (κ1) is 23.2. The lowest BCUT2D eigenvalue weighted by molar-refractivity contribution is 0.259. The molecule has 0 radical (unpaired) electrons. The minimum absolute atomic E-state index is 0.0149. The Morgan fingerprint density at radius 2 is 1.86 bits per heavy atom. The van der Waals surface area contributed by atoms with E-state index in [1.165, 1.54) is 0 Å². The van der Waals surface area contributed by atoms with Gasteiger partial charge in [-0.25, -0.2) is 13.4 Å². The molecular weight excluding hydrogens is 416 g/mol. The fourth-order valence-electron chi connectivity index (χ4n) is 2.83. The molecule has 3 N–H and O–H groups in total. The average Bonchev–Trinajstić information content (AvgIpc) is 2.59. The number of anilines is 2.